The van der Waals surface area contributed by atoms with Crippen LogP contribution in [-0.4, -0.2) is 12.5 Å². The quantitative estimate of drug-likeness (QED) is 0.822. The van der Waals surface area contributed by atoms with Gasteiger partial charge in [0.2, 0.25) is 0 Å². The van der Waals surface area contributed by atoms with E-state index in [1.807, 2.05) is 0 Å². The predicted molar refractivity (Wildman–Crippen MR) is 84.1 cm³/mol. The summed E-state index contributed by atoms with van der Waals surface area (Å²) in [6.07, 6.45) is 0. The number of amides is 1. The molecule has 21 heavy (non-hydrogen) atoms. The summed E-state index contributed by atoms with van der Waals surface area (Å²) in [5.74, 6) is -0.785. The zero-order valence-electron chi connectivity index (χ0n) is 11.3. The third kappa shape index (κ3) is 3.72. The lowest BCUT2D eigenvalue weighted by atomic mass is 10.1. The fourth-order valence-electron chi connectivity index (χ4n) is 1.77. The molecule has 0 unspecified atom stereocenters. The van der Waals surface area contributed by atoms with Gasteiger partial charge in [0.1, 0.15) is 0 Å². The lowest BCUT2D eigenvalue weighted by Crippen LogP contribution is -2.14. The SMILES string of the molecule is CCOc1ccc(NC(=O)c2cc(Br)ccc2N)cc1F. The molecule has 0 fully saturated rings. The first kappa shape index (κ1) is 15.3. The largest absolute Gasteiger partial charge is 0.491 e. The summed E-state index contributed by atoms with van der Waals surface area (Å²) < 4.78 is 19.6. The first-order valence-electron chi connectivity index (χ1n) is 6.30. The van der Waals surface area contributed by atoms with Crippen molar-refractivity contribution >= 4 is 33.2 Å². The van der Waals surface area contributed by atoms with Gasteiger partial charge < -0.3 is 15.8 Å². The molecule has 0 heterocycles. The molecule has 0 spiro atoms. The van der Waals surface area contributed by atoms with Crippen LogP contribution in [0.15, 0.2) is 40.9 Å². The van der Waals surface area contributed by atoms with Crippen LogP contribution in [0.3, 0.4) is 0 Å². The van der Waals surface area contributed by atoms with E-state index in [0.29, 0.717) is 23.5 Å². The smallest absolute Gasteiger partial charge is 0.257 e. The third-order valence-electron chi connectivity index (χ3n) is 2.75. The Labute approximate surface area is 130 Å². The van der Waals surface area contributed by atoms with Crippen LogP contribution >= 0.6 is 15.9 Å². The van der Waals surface area contributed by atoms with Crippen molar-refractivity contribution < 1.29 is 13.9 Å². The Balaban J connectivity index is 2.19. The summed E-state index contributed by atoms with van der Waals surface area (Å²) >= 11 is 3.28. The van der Waals surface area contributed by atoms with Gasteiger partial charge in [0.25, 0.3) is 5.91 Å². The Morgan fingerprint density at radius 2 is 2.10 bits per heavy atom. The van der Waals surface area contributed by atoms with Crippen molar-refractivity contribution in [3.8, 4) is 5.75 Å². The third-order valence-corrected chi connectivity index (χ3v) is 3.24. The first-order valence-corrected chi connectivity index (χ1v) is 7.09. The van der Waals surface area contributed by atoms with Gasteiger partial charge in [-0.1, -0.05) is 15.9 Å². The highest BCUT2D eigenvalue weighted by Crippen LogP contribution is 2.23. The van der Waals surface area contributed by atoms with E-state index >= 15 is 0 Å². The van der Waals surface area contributed by atoms with Crippen LogP contribution in [0.1, 0.15) is 17.3 Å². The van der Waals surface area contributed by atoms with Gasteiger partial charge in [-0.3, -0.25) is 4.79 Å². The van der Waals surface area contributed by atoms with Gasteiger partial charge in [-0.15, -0.1) is 0 Å². The number of rotatable bonds is 4. The Morgan fingerprint density at radius 1 is 1.33 bits per heavy atom. The van der Waals surface area contributed by atoms with Crippen LogP contribution in [0, 0.1) is 5.82 Å². The Hall–Kier alpha value is -2.08. The first-order chi connectivity index (χ1) is 10.0. The minimum absolute atomic E-state index is 0.150. The number of anilines is 2. The van der Waals surface area contributed by atoms with Gasteiger partial charge in [0.05, 0.1) is 12.2 Å². The Morgan fingerprint density at radius 3 is 2.76 bits per heavy atom. The van der Waals surface area contributed by atoms with Crippen molar-refractivity contribution in [2.75, 3.05) is 17.7 Å². The van der Waals surface area contributed by atoms with Gasteiger partial charge in [-0.05, 0) is 37.3 Å². The highest BCUT2D eigenvalue weighted by atomic mass is 79.9. The van der Waals surface area contributed by atoms with E-state index in [2.05, 4.69) is 21.2 Å². The van der Waals surface area contributed by atoms with Gasteiger partial charge >= 0.3 is 0 Å². The average molecular weight is 353 g/mol. The second-order valence-electron chi connectivity index (χ2n) is 4.26. The van der Waals surface area contributed by atoms with Crippen molar-refractivity contribution in [1.82, 2.24) is 0 Å². The molecule has 0 atom stereocenters. The van der Waals surface area contributed by atoms with Gasteiger partial charge in [-0.25, -0.2) is 4.39 Å². The Bertz CT molecular complexity index is 677. The maximum absolute atomic E-state index is 13.7. The van der Waals surface area contributed by atoms with Crippen LogP contribution in [0.25, 0.3) is 0 Å². The normalized spacial score (nSPS) is 10.2. The number of nitrogens with two attached hydrogens (primary N) is 1. The number of hydrogen-bond donors (Lipinski definition) is 2. The average Bonchev–Trinajstić information content (AvgIpc) is 2.44. The summed E-state index contributed by atoms with van der Waals surface area (Å²) in [4.78, 5) is 12.1. The zero-order chi connectivity index (χ0) is 15.4. The minimum atomic E-state index is -0.531. The number of benzene rings is 2. The highest BCUT2D eigenvalue weighted by molar-refractivity contribution is 9.10. The van der Waals surface area contributed by atoms with E-state index in [4.69, 9.17) is 10.5 Å². The minimum Gasteiger partial charge on any atom is -0.491 e. The molecule has 0 saturated heterocycles. The molecule has 2 aromatic carbocycles. The number of carbonyl (C=O) groups excluding carboxylic acids is 1. The molecule has 0 aliphatic heterocycles. The molecule has 0 aliphatic rings. The van der Waals surface area contributed by atoms with Crippen molar-refractivity contribution in [3.63, 3.8) is 0 Å². The molecular formula is C15H14BrFN2O2. The summed E-state index contributed by atoms with van der Waals surface area (Å²) in [6.45, 7) is 2.14. The second-order valence-corrected chi connectivity index (χ2v) is 5.18. The molecule has 4 nitrogen and oxygen atoms in total. The van der Waals surface area contributed by atoms with Crippen LogP contribution in [0.2, 0.25) is 0 Å². The molecular weight excluding hydrogens is 339 g/mol. The van der Waals surface area contributed by atoms with Crippen LogP contribution in [0.4, 0.5) is 15.8 Å². The molecule has 3 N–H and O–H groups in total. The molecule has 6 heteroatoms. The van der Waals surface area contributed by atoms with E-state index in [0.717, 1.165) is 4.47 Å². The van der Waals surface area contributed by atoms with Crippen molar-refractivity contribution in [1.29, 1.82) is 0 Å². The number of ether oxygens (including phenoxy) is 1. The summed E-state index contributed by atoms with van der Waals surface area (Å²) in [5, 5.41) is 2.60. The lowest BCUT2D eigenvalue weighted by Gasteiger charge is -2.10. The highest BCUT2D eigenvalue weighted by Gasteiger charge is 2.12. The van der Waals surface area contributed by atoms with Crippen LogP contribution < -0.4 is 15.8 Å². The van der Waals surface area contributed by atoms with E-state index in [9.17, 15) is 9.18 Å². The van der Waals surface area contributed by atoms with Crippen LogP contribution in [-0.2, 0) is 0 Å². The van der Waals surface area contributed by atoms with E-state index < -0.39 is 11.7 Å². The van der Waals surface area contributed by atoms with Crippen molar-refractivity contribution in [2.45, 2.75) is 6.92 Å². The summed E-state index contributed by atoms with van der Waals surface area (Å²) in [5.41, 5.74) is 6.76. The Kier molecular flexibility index (Phi) is 4.80. The molecule has 0 aliphatic carbocycles. The van der Waals surface area contributed by atoms with Gasteiger partial charge in [0.15, 0.2) is 11.6 Å². The predicted octanol–water partition coefficient (Wildman–Crippen LogP) is 3.82. The molecule has 2 aromatic rings. The molecule has 1 amide bonds. The van der Waals surface area contributed by atoms with Crippen LogP contribution in [0.5, 0.6) is 5.75 Å². The molecule has 0 aromatic heterocycles. The standard InChI is InChI=1S/C15H14BrFN2O2/c1-2-21-14-6-4-10(8-12(14)17)19-15(20)11-7-9(16)3-5-13(11)18/h3-8H,2,18H2,1H3,(H,19,20). The van der Waals surface area contributed by atoms with E-state index in [1.165, 1.54) is 12.1 Å². The number of halogens is 2. The zero-order valence-corrected chi connectivity index (χ0v) is 12.9. The van der Waals surface area contributed by atoms with Crippen molar-refractivity contribution in [3.05, 3.63) is 52.3 Å². The number of hydrogen-bond acceptors (Lipinski definition) is 3. The molecule has 110 valence electrons. The van der Waals surface area contributed by atoms with E-state index in [1.54, 1.807) is 31.2 Å². The second kappa shape index (κ2) is 6.58. The molecule has 0 saturated carbocycles. The van der Waals surface area contributed by atoms with Gasteiger partial charge in [0, 0.05) is 21.9 Å². The van der Waals surface area contributed by atoms with Gasteiger partial charge in [-0.2, -0.15) is 0 Å². The molecule has 0 radical (unpaired) electrons. The lowest BCUT2D eigenvalue weighted by molar-refractivity contribution is 0.102. The summed E-state index contributed by atoms with van der Waals surface area (Å²) in [7, 11) is 0. The fourth-order valence-corrected chi connectivity index (χ4v) is 2.14. The summed E-state index contributed by atoms with van der Waals surface area (Å²) in [6, 6.07) is 9.21. The van der Waals surface area contributed by atoms with Crippen molar-refractivity contribution in [2.24, 2.45) is 0 Å². The monoisotopic (exact) mass is 352 g/mol. The molecule has 2 rings (SSSR count). The van der Waals surface area contributed by atoms with E-state index in [-0.39, 0.29) is 5.75 Å². The number of carbonyl (C=O) groups is 1. The number of nitrogen functional groups attached to an aromatic ring is 1. The maximum atomic E-state index is 13.7. The molecule has 0 bridgehead atoms. The topological polar surface area (TPSA) is 64.3 Å². The number of nitrogens with one attached hydrogen (secondary N) is 1. The fraction of sp³-hybridized carbons (Fsp3) is 0.133. The maximum Gasteiger partial charge on any atom is 0.257 e.